The highest BCUT2D eigenvalue weighted by atomic mass is 16.5. The van der Waals surface area contributed by atoms with Crippen molar-refractivity contribution in [2.45, 2.75) is 45.4 Å². The molecule has 0 radical (unpaired) electrons. The summed E-state index contributed by atoms with van der Waals surface area (Å²) in [5.74, 6) is -1.55. The van der Waals surface area contributed by atoms with E-state index in [9.17, 15) is 19.5 Å². The molecule has 3 rings (SSSR count). The van der Waals surface area contributed by atoms with Gasteiger partial charge < -0.3 is 14.9 Å². The van der Waals surface area contributed by atoms with Crippen molar-refractivity contribution in [3.8, 4) is 5.75 Å². The van der Waals surface area contributed by atoms with Gasteiger partial charge in [0, 0.05) is 29.4 Å². The molecule has 0 saturated heterocycles. The summed E-state index contributed by atoms with van der Waals surface area (Å²) in [6.07, 6.45) is 2.87. The maximum Gasteiger partial charge on any atom is 0.328 e. The molecule has 148 valence electrons. The number of benzene rings is 1. The van der Waals surface area contributed by atoms with Crippen LogP contribution in [-0.4, -0.2) is 35.0 Å². The van der Waals surface area contributed by atoms with Crippen molar-refractivity contribution in [1.29, 1.82) is 0 Å². The van der Waals surface area contributed by atoms with Gasteiger partial charge in [-0.25, -0.2) is 4.79 Å². The molecule has 0 aliphatic heterocycles. The number of phenols is 1. The topological polar surface area (TPSA) is 101 Å². The smallest absolute Gasteiger partial charge is 0.328 e. The number of Topliss-reactive ketones (excluding diaryl/α,β-unsaturated/α-hetero) is 1. The first-order valence-electron chi connectivity index (χ1n) is 9.25. The molecule has 1 aromatic rings. The highest BCUT2D eigenvalue weighted by Crippen LogP contribution is 2.53. The van der Waals surface area contributed by atoms with Crippen molar-refractivity contribution < 1.29 is 29.3 Å². The van der Waals surface area contributed by atoms with E-state index in [1.165, 1.54) is 0 Å². The van der Waals surface area contributed by atoms with E-state index in [1.54, 1.807) is 13.0 Å². The predicted molar refractivity (Wildman–Crippen MR) is 103 cm³/mol. The normalized spacial score (nSPS) is 24.5. The number of phenolic OH excluding ortho intramolecular Hbond substituents is 1. The van der Waals surface area contributed by atoms with Crippen LogP contribution >= 0.6 is 0 Å². The van der Waals surface area contributed by atoms with E-state index in [-0.39, 0.29) is 41.5 Å². The Kier molecular flexibility index (Phi) is 5.15. The molecule has 0 heterocycles. The highest BCUT2D eigenvalue weighted by molar-refractivity contribution is 6.04. The van der Waals surface area contributed by atoms with E-state index in [2.05, 4.69) is 6.92 Å². The SMILES string of the molecule is CC1=C(COC=O)C2CC(=O)c3c(ccc(/C(C)=C/C(=O)O)c3O)C2(C)CC1. The number of carbonyl (C=O) groups is 3. The first-order chi connectivity index (χ1) is 13.2. The zero-order valence-corrected chi connectivity index (χ0v) is 16.2. The van der Waals surface area contributed by atoms with Gasteiger partial charge in [0.1, 0.15) is 12.4 Å². The van der Waals surface area contributed by atoms with E-state index in [0.29, 0.717) is 17.6 Å². The Labute approximate surface area is 163 Å². The molecule has 2 unspecified atom stereocenters. The second kappa shape index (κ2) is 7.26. The number of carbonyl (C=O) groups excluding carboxylic acids is 2. The standard InChI is InChI=1S/C22H24O6/c1-12-6-7-22(3)16-5-4-14(13(2)8-19(25)26)21(27)20(16)18(24)9-17(22)15(12)10-28-11-23/h4-5,8,11,17,27H,6-7,9-10H2,1-3H3,(H,25,26)/b13-8+. The fourth-order valence-electron chi connectivity index (χ4n) is 4.70. The van der Waals surface area contributed by atoms with E-state index in [1.807, 2.05) is 13.0 Å². The average molecular weight is 384 g/mol. The lowest BCUT2D eigenvalue weighted by atomic mass is 9.56. The fourth-order valence-corrected chi connectivity index (χ4v) is 4.70. The van der Waals surface area contributed by atoms with Gasteiger partial charge in [0.2, 0.25) is 0 Å². The first-order valence-corrected chi connectivity index (χ1v) is 9.25. The van der Waals surface area contributed by atoms with E-state index >= 15 is 0 Å². The summed E-state index contributed by atoms with van der Waals surface area (Å²) in [5.41, 5.74) is 3.53. The van der Waals surface area contributed by atoms with Gasteiger partial charge in [0.15, 0.2) is 5.78 Å². The molecule has 6 nitrogen and oxygen atoms in total. The summed E-state index contributed by atoms with van der Waals surface area (Å²) in [7, 11) is 0. The van der Waals surface area contributed by atoms with Crippen molar-refractivity contribution in [2.75, 3.05) is 6.61 Å². The number of hydrogen-bond acceptors (Lipinski definition) is 5. The molecular formula is C22H24O6. The Morgan fingerprint density at radius 2 is 2.11 bits per heavy atom. The molecule has 2 aliphatic carbocycles. The second-order valence-corrected chi connectivity index (χ2v) is 7.86. The van der Waals surface area contributed by atoms with E-state index in [4.69, 9.17) is 9.84 Å². The Bertz CT molecular complexity index is 923. The van der Waals surface area contributed by atoms with Crippen LogP contribution in [0.15, 0.2) is 29.4 Å². The van der Waals surface area contributed by atoms with E-state index in [0.717, 1.165) is 35.6 Å². The minimum Gasteiger partial charge on any atom is -0.507 e. The number of allylic oxidation sites excluding steroid dienone is 2. The Morgan fingerprint density at radius 3 is 2.75 bits per heavy atom. The summed E-state index contributed by atoms with van der Waals surface area (Å²) < 4.78 is 5.01. The summed E-state index contributed by atoms with van der Waals surface area (Å²) in [6.45, 7) is 6.26. The molecule has 2 aliphatic rings. The lowest BCUT2D eigenvalue weighted by molar-refractivity contribution is -0.131. The number of aromatic hydroxyl groups is 1. The van der Waals surface area contributed by atoms with Crippen molar-refractivity contribution in [2.24, 2.45) is 5.92 Å². The Hall–Kier alpha value is -2.89. The van der Waals surface area contributed by atoms with Crippen molar-refractivity contribution in [3.63, 3.8) is 0 Å². The lowest BCUT2D eigenvalue weighted by Gasteiger charge is -2.47. The summed E-state index contributed by atoms with van der Waals surface area (Å²) >= 11 is 0. The molecule has 0 amide bonds. The lowest BCUT2D eigenvalue weighted by Crippen LogP contribution is -2.43. The van der Waals surface area contributed by atoms with Crippen LogP contribution in [0.3, 0.4) is 0 Å². The first kappa shape index (κ1) is 19.9. The number of ketones is 1. The summed E-state index contributed by atoms with van der Waals surface area (Å²) in [5, 5.41) is 19.8. The number of carboxylic acid groups (broad SMARTS) is 1. The number of rotatable bonds is 5. The number of fused-ring (bicyclic) bond motifs is 3. The van der Waals surface area contributed by atoms with Crippen molar-refractivity contribution in [1.82, 2.24) is 0 Å². The molecule has 1 aromatic carbocycles. The molecule has 28 heavy (non-hydrogen) atoms. The maximum absolute atomic E-state index is 13.0. The van der Waals surface area contributed by atoms with Gasteiger partial charge in [0.05, 0.1) is 5.56 Å². The third kappa shape index (κ3) is 3.13. The molecule has 0 saturated carbocycles. The van der Waals surface area contributed by atoms with Crippen LogP contribution in [0.4, 0.5) is 0 Å². The van der Waals surface area contributed by atoms with Gasteiger partial charge >= 0.3 is 5.97 Å². The number of carboxylic acids is 1. The van der Waals surface area contributed by atoms with Gasteiger partial charge in [-0.05, 0) is 43.4 Å². The van der Waals surface area contributed by atoms with Crippen molar-refractivity contribution >= 4 is 23.8 Å². The summed E-state index contributed by atoms with van der Waals surface area (Å²) in [6, 6.07) is 3.50. The summed E-state index contributed by atoms with van der Waals surface area (Å²) in [4.78, 5) is 34.7. The average Bonchev–Trinajstić information content (AvgIpc) is 2.62. The molecule has 2 atom stereocenters. The minimum atomic E-state index is -1.11. The number of aliphatic carboxylic acids is 1. The largest absolute Gasteiger partial charge is 0.507 e. The van der Waals surface area contributed by atoms with Crippen LogP contribution in [-0.2, 0) is 19.7 Å². The predicted octanol–water partition coefficient (Wildman–Crippen LogP) is 3.62. The molecular weight excluding hydrogens is 360 g/mol. The second-order valence-electron chi connectivity index (χ2n) is 7.86. The maximum atomic E-state index is 13.0. The van der Waals surface area contributed by atoms with E-state index < -0.39 is 5.97 Å². The molecule has 0 spiro atoms. The van der Waals surface area contributed by atoms with Gasteiger partial charge in [-0.1, -0.05) is 24.6 Å². The molecule has 0 fully saturated rings. The highest BCUT2D eigenvalue weighted by Gasteiger charge is 2.48. The Balaban J connectivity index is 2.14. The third-order valence-electron chi connectivity index (χ3n) is 6.29. The number of hydrogen-bond donors (Lipinski definition) is 2. The zero-order valence-electron chi connectivity index (χ0n) is 16.2. The minimum absolute atomic E-state index is 0.0953. The van der Waals surface area contributed by atoms with Gasteiger partial charge in [-0.15, -0.1) is 0 Å². The van der Waals surface area contributed by atoms with Crippen LogP contribution < -0.4 is 0 Å². The van der Waals surface area contributed by atoms with Crippen LogP contribution in [0, 0.1) is 5.92 Å². The molecule has 0 bridgehead atoms. The fraction of sp³-hybridized carbons (Fsp3) is 0.409. The zero-order chi connectivity index (χ0) is 20.6. The van der Waals surface area contributed by atoms with Crippen LogP contribution in [0.1, 0.15) is 61.5 Å². The van der Waals surface area contributed by atoms with Crippen LogP contribution in [0.5, 0.6) is 5.75 Å². The molecule has 0 aromatic heterocycles. The quantitative estimate of drug-likeness (QED) is 0.457. The van der Waals surface area contributed by atoms with Crippen LogP contribution in [0.2, 0.25) is 0 Å². The van der Waals surface area contributed by atoms with Crippen LogP contribution in [0.25, 0.3) is 5.57 Å². The van der Waals surface area contributed by atoms with Gasteiger partial charge in [-0.3, -0.25) is 9.59 Å². The monoisotopic (exact) mass is 384 g/mol. The molecule has 2 N–H and O–H groups in total. The third-order valence-corrected chi connectivity index (χ3v) is 6.29. The molecule has 6 heteroatoms. The van der Waals surface area contributed by atoms with Crippen molar-refractivity contribution in [3.05, 3.63) is 46.0 Å². The van der Waals surface area contributed by atoms with Gasteiger partial charge in [0.25, 0.3) is 6.47 Å². The number of ether oxygens (including phenoxy) is 1. The van der Waals surface area contributed by atoms with Gasteiger partial charge in [-0.2, -0.15) is 0 Å². The Morgan fingerprint density at radius 1 is 1.39 bits per heavy atom.